The first kappa shape index (κ1) is 28.7. The van der Waals surface area contributed by atoms with Gasteiger partial charge in [-0.3, -0.25) is 10.2 Å². The van der Waals surface area contributed by atoms with Crippen molar-refractivity contribution in [3.63, 3.8) is 0 Å². The van der Waals surface area contributed by atoms with Gasteiger partial charge in [-0.15, -0.1) is 15.3 Å². The summed E-state index contributed by atoms with van der Waals surface area (Å²) in [6.07, 6.45) is 3.05. The van der Waals surface area contributed by atoms with Crippen molar-refractivity contribution in [1.29, 1.82) is 0 Å². The molecule has 0 bridgehead atoms. The maximum absolute atomic E-state index is 3.95. The summed E-state index contributed by atoms with van der Waals surface area (Å²) in [6.45, 7) is 21.4. The van der Waals surface area contributed by atoms with Gasteiger partial charge in [-0.2, -0.15) is 20.5 Å². The summed E-state index contributed by atoms with van der Waals surface area (Å²) in [7, 11) is 0. The summed E-state index contributed by atoms with van der Waals surface area (Å²) < 4.78 is 0. The van der Waals surface area contributed by atoms with Gasteiger partial charge in [-0.25, -0.2) is 9.97 Å². The van der Waals surface area contributed by atoms with E-state index < -0.39 is 0 Å². The Morgan fingerprint density at radius 3 is 1.50 bits per heavy atom. The highest BCUT2D eigenvalue weighted by Crippen LogP contribution is 2.18. The second kappa shape index (κ2) is 13.4. The van der Waals surface area contributed by atoms with Crippen LogP contribution in [0.25, 0.3) is 0 Å². The zero-order valence-corrected chi connectivity index (χ0v) is 22.0. The topological polar surface area (TPSA) is 175 Å². The van der Waals surface area contributed by atoms with E-state index in [4.69, 9.17) is 0 Å². The van der Waals surface area contributed by atoms with E-state index in [0.29, 0.717) is 18.4 Å². The molecule has 0 spiro atoms. The number of aromatic nitrogens is 10. The molecule has 34 heavy (non-hydrogen) atoms. The highest BCUT2D eigenvalue weighted by atomic mass is 15.5. The SMILES string of the molecule is CC(C)(C)C1=NN=NC1.CC(C)(C)c1nn[nH]n1.CC(C)c1ncn[nH]1.CC(C)c1ncn[nH]1. The van der Waals surface area contributed by atoms with Gasteiger partial charge in [-0.05, 0) is 5.22 Å². The predicted molar refractivity (Wildman–Crippen MR) is 130 cm³/mol. The first-order valence-corrected chi connectivity index (χ1v) is 11.2. The van der Waals surface area contributed by atoms with Crippen molar-refractivity contribution in [2.45, 2.75) is 86.5 Å². The third kappa shape index (κ3) is 11.0. The van der Waals surface area contributed by atoms with Gasteiger partial charge in [0.1, 0.15) is 30.8 Å². The molecule has 0 aliphatic carbocycles. The van der Waals surface area contributed by atoms with Crippen LogP contribution in [0.2, 0.25) is 0 Å². The molecule has 4 rings (SSSR count). The summed E-state index contributed by atoms with van der Waals surface area (Å²) in [4.78, 5) is 7.90. The summed E-state index contributed by atoms with van der Waals surface area (Å²) >= 11 is 0. The Kier molecular flexibility index (Phi) is 11.3. The molecule has 0 saturated carbocycles. The molecule has 13 nitrogen and oxygen atoms in total. The second-order valence-corrected chi connectivity index (χ2v) is 10.2. The summed E-state index contributed by atoms with van der Waals surface area (Å²) in [5, 5.41) is 37.7. The molecule has 188 valence electrons. The molecule has 0 aromatic carbocycles. The molecule has 3 N–H and O–H groups in total. The first-order chi connectivity index (χ1) is 15.8. The van der Waals surface area contributed by atoms with Crippen molar-refractivity contribution in [2.75, 3.05) is 6.54 Å². The minimum atomic E-state index is 0.00694. The number of tetrazole rings is 1. The van der Waals surface area contributed by atoms with Gasteiger partial charge >= 0.3 is 0 Å². The number of rotatable bonds is 2. The highest BCUT2D eigenvalue weighted by Gasteiger charge is 2.20. The van der Waals surface area contributed by atoms with Crippen molar-refractivity contribution < 1.29 is 0 Å². The maximum Gasteiger partial charge on any atom is 0.179 e. The van der Waals surface area contributed by atoms with Crippen molar-refractivity contribution in [2.24, 2.45) is 20.9 Å². The molecule has 3 aromatic rings. The monoisotopic (exact) mass is 473 g/mol. The minimum absolute atomic E-state index is 0.00694. The molecule has 3 aromatic heterocycles. The Morgan fingerprint density at radius 2 is 1.32 bits per heavy atom. The van der Waals surface area contributed by atoms with Crippen molar-refractivity contribution in [3.8, 4) is 0 Å². The highest BCUT2D eigenvalue weighted by molar-refractivity contribution is 5.91. The van der Waals surface area contributed by atoms with Crippen LogP contribution in [0.4, 0.5) is 0 Å². The van der Waals surface area contributed by atoms with Gasteiger partial charge < -0.3 is 0 Å². The van der Waals surface area contributed by atoms with Crippen molar-refractivity contribution >= 4 is 5.71 Å². The van der Waals surface area contributed by atoms with E-state index in [-0.39, 0.29) is 10.8 Å². The maximum atomic E-state index is 3.95. The Labute approximate surface area is 201 Å². The molecular formula is C21H39N13. The van der Waals surface area contributed by atoms with E-state index in [9.17, 15) is 0 Å². The van der Waals surface area contributed by atoms with Crippen LogP contribution in [0, 0.1) is 5.41 Å². The summed E-state index contributed by atoms with van der Waals surface area (Å²) in [5.41, 5.74) is 1.22. The zero-order valence-electron chi connectivity index (χ0n) is 22.0. The fraction of sp³-hybridized carbons (Fsp3) is 0.714. The number of nitrogens with one attached hydrogen (secondary N) is 3. The number of hydrogen-bond donors (Lipinski definition) is 3. The third-order valence-corrected chi connectivity index (χ3v) is 4.29. The average Bonchev–Trinajstić information content (AvgIpc) is 3.57. The average molecular weight is 474 g/mol. The van der Waals surface area contributed by atoms with Crippen LogP contribution < -0.4 is 0 Å². The fourth-order valence-electron chi connectivity index (χ4n) is 2.07. The molecule has 0 saturated heterocycles. The normalized spacial score (nSPS) is 12.9. The minimum Gasteiger partial charge on any atom is -0.263 e. The van der Waals surface area contributed by atoms with Crippen LogP contribution in [-0.2, 0) is 5.41 Å². The molecule has 0 unspecified atom stereocenters. The van der Waals surface area contributed by atoms with Crippen LogP contribution >= 0.6 is 0 Å². The van der Waals surface area contributed by atoms with Crippen LogP contribution in [0.5, 0.6) is 0 Å². The number of aromatic amines is 3. The van der Waals surface area contributed by atoms with Crippen LogP contribution in [0.1, 0.15) is 98.5 Å². The molecule has 0 fully saturated rings. The molecule has 0 radical (unpaired) electrons. The fourth-order valence-corrected chi connectivity index (χ4v) is 2.07. The van der Waals surface area contributed by atoms with E-state index in [1.54, 1.807) is 0 Å². The Balaban J connectivity index is 0.000000227. The lowest BCUT2D eigenvalue weighted by Crippen LogP contribution is -2.20. The second-order valence-electron chi connectivity index (χ2n) is 10.2. The summed E-state index contributed by atoms with van der Waals surface area (Å²) in [6, 6.07) is 0. The zero-order chi connectivity index (χ0) is 25.8. The lowest BCUT2D eigenvalue weighted by Gasteiger charge is -2.15. The van der Waals surface area contributed by atoms with E-state index in [0.717, 1.165) is 23.2 Å². The number of hydrogen-bond acceptors (Lipinski definition) is 10. The number of nitrogens with zero attached hydrogens (tertiary/aromatic N) is 10. The molecule has 1 aliphatic heterocycles. The van der Waals surface area contributed by atoms with E-state index >= 15 is 0 Å². The van der Waals surface area contributed by atoms with Gasteiger partial charge in [0.2, 0.25) is 0 Å². The predicted octanol–water partition coefficient (Wildman–Crippen LogP) is 4.21. The smallest absolute Gasteiger partial charge is 0.179 e. The number of H-pyrrole nitrogens is 3. The molecule has 0 atom stereocenters. The van der Waals surface area contributed by atoms with E-state index in [2.05, 4.69) is 115 Å². The largest absolute Gasteiger partial charge is 0.263 e. The standard InChI is InChI=1S/C6H11N3.C5H10N4.2C5H9N3/c1-6(2,3)5-4-7-9-8-5;1-5(2,3)4-6-8-9-7-4;2*1-4(2)5-6-3-7-8-5/h4H2,1-3H3;1-3H3,(H,6,7,8,9);2*3-4H,1-2H3,(H,6,7,8). The molecule has 13 heteroatoms. The van der Waals surface area contributed by atoms with Crippen molar-refractivity contribution in [1.82, 2.24) is 51.0 Å². The van der Waals surface area contributed by atoms with Crippen LogP contribution in [0.3, 0.4) is 0 Å². The van der Waals surface area contributed by atoms with Gasteiger partial charge in [-0.1, -0.05) is 74.5 Å². The molecule has 4 heterocycles. The van der Waals surface area contributed by atoms with Gasteiger partial charge in [0.05, 0.1) is 5.71 Å². The first-order valence-electron chi connectivity index (χ1n) is 11.2. The molecular weight excluding hydrogens is 434 g/mol. The quantitative estimate of drug-likeness (QED) is 0.499. The van der Waals surface area contributed by atoms with Crippen LogP contribution in [-0.4, -0.2) is 63.2 Å². The third-order valence-electron chi connectivity index (χ3n) is 4.29. The molecule has 0 amide bonds. The van der Waals surface area contributed by atoms with Gasteiger partial charge in [0, 0.05) is 22.7 Å². The van der Waals surface area contributed by atoms with Gasteiger partial charge in [0.15, 0.2) is 5.82 Å². The Bertz CT molecular complexity index is 901. The lowest BCUT2D eigenvalue weighted by molar-refractivity contribution is 0.546. The lowest BCUT2D eigenvalue weighted by atomic mass is 9.90. The van der Waals surface area contributed by atoms with E-state index in [1.165, 1.54) is 12.7 Å². The van der Waals surface area contributed by atoms with Gasteiger partial charge in [0.25, 0.3) is 0 Å². The summed E-state index contributed by atoms with van der Waals surface area (Å²) in [5.74, 6) is 3.56. The Morgan fingerprint density at radius 1 is 0.794 bits per heavy atom. The van der Waals surface area contributed by atoms with Crippen LogP contribution in [0.15, 0.2) is 28.1 Å². The van der Waals surface area contributed by atoms with E-state index in [1.807, 2.05) is 20.8 Å². The Hall–Kier alpha value is -3.38. The molecule has 1 aliphatic rings. The van der Waals surface area contributed by atoms with Crippen molar-refractivity contribution in [3.05, 3.63) is 30.1 Å².